The van der Waals surface area contributed by atoms with E-state index in [1.54, 1.807) is 24.3 Å². The van der Waals surface area contributed by atoms with Crippen LogP contribution in [-0.2, 0) is 10.0 Å². The van der Waals surface area contributed by atoms with Crippen LogP contribution in [0.3, 0.4) is 0 Å². The highest BCUT2D eigenvalue weighted by Gasteiger charge is 2.33. The van der Waals surface area contributed by atoms with E-state index in [4.69, 9.17) is 4.52 Å². The molecule has 3 aromatic rings. The summed E-state index contributed by atoms with van der Waals surface area (Å²) in [6, 6.07) is 16.4. The fourth-order valence-electron chi connectivity index (χ4n) is 3.41. The number of benzene rings is 2. The summed E-state index contributed by atoms with van der Waals surface area (Å²) >= 11 is 0. The number of hydrogen-bond acceptors (Lipinski definition) is 5. The molecule has 1 aliphatic heterocycles. The van der Waals surface area contributed by atoms with Crippen molar-refractivity contribution in [2.75, 3.05) is 13.1 Å². The third-order valence-corrected chi connectivity index (χ3v) is 6.71. The molecule has 0 aliphatic carbocycles. The standard InChI is InChI=1S/C20H21N3O3S/c1-15-7-5-8-16(13-15)19-21-20(26-22-19)17-9-6-12-23(14-17)27(24,25)18-10-3-2-4-11-18/h2-5,7-8,10-11,13,17H,6,9,12,14H2,1H3/t17-/m1/s1. The van der Waals surface area contributed by atoms with Crippen LogP contribution in [0.25, 0.3) is 11.4 Å². The van der Waals surface area contributed by atoms with Crippen LogP contribution in [0.15, 0.2) is 64.0 Å². The monoisotopic (exact) mass is 383 g/mol. The first kappa shape index (κ1) is 17.9. The highest BCUT2D eigenvalue weighted by Crippen LogP contribution is 2.30. The van der Waals surface area contributed by atoms with E-state index in [0.717, 1.165) is 24.0 Å². The second-order valence-corrected chi connectivity index (χ2v) is 8.78. The van der Waals surface area contributed by atoms with Gasteiger partial charge in [0.15, 0.2) is 0 Å². The maximum absolute atomic E-state index is 12.9. The van der Waals surface area contributed by atoms with Crippen LogP contribution in [0.4, 0.5) is 0 Å². The number of piperidine rings is 1. The molecule has 0 radical (unpaired) electrons. The molecule has 0 amide bonds. The van der Waals surface area contributed by atoms with E-state index in [1.165, 1.54) is 4.31 Å². The third kappa shape index (κ3) is 3.65. The third-order valence-electron chi connectivity index (χ3n) is 4.83. The number of aromatic nitrogens is 2. The lowest BCUT2D eigenvalue weighted by Gasteiger charge is -2.30. The highest BCUT2D eigenvalue weighted by atomic mass is 32.2. The molecule has 2 aromatic carbocycles. The van der Waals surface area contributed by atoms with Gasteiger partial charge in [0.2, 0.25) is 21.7 Å². The maximum Gasteiger partial charge on any atom is 0.243 e. The first-order valence-corrected chi connectivity index (χ1v) is 10.4. The summed E-state index contributed by atoms with van der Waals surface area (Å²) < 4.78 is 32.8. The van der Waals surface area contributed by atoms with Crippen LogP contribution >= 0.6 is 0 Å². The largest absolute Gasteiger partial charge is 0.339 e. The second kappa shape index (κ2) is 7.25. The van der Waals surface area contributed by atoms with E-state index in [2.05, 4.69) is 10.1 Å². The molecule has 0 bridgehead atoms. The van der Waals surface area contributed by atoms with Crippen LogP contribution in [0.1, 0.15) is 30.2 Å². The van der Waals surface area contributed by atoms with Crippen molar-refractivity contribution in [1.29, 1.82) is 0 Å². The maximum atomic E-state index is 12.9. The SMILES string of the molecule is Cc1cccc(-c2noc([C@@H]3CCCN(S(=O)(=O)c4ccccc4)C3)n2)c1. The molecule has 1 saturated heterocycles. The van der Waals surface area contributed by atoms with E-state index >= 15 is 0 Å². The first-order chi connectivity index (χ1) is 13.0. The lowest BCUT2D eigenvalue weighted by molar-refractivity contribution is 0.265. The van der Waals surface area contributed by atoms with Crippen molar-refractivity contribution in [3.8, 4) is 11.4 Å². The van der Waals surface area contributed by atoms with E-state index in [9.17, 15) is 8.42 Å². The Bertz CT molecular complexity index is 1030. The summed E-state index contributed by atoms with van der Waals surface area (Å²) in [5, 5.41) is 4.09. The predicted molar refractivity (Wildman–Crippen MR) is 102 cm³/mol. The van der Waals surface area contributed by atoms with Crippen LogP contribution in [-0.4, -0.2) is 36.0 Å². The van der Waals surface area contributed by atoms with Crippen LogP contribution in [0, 0.1) is 6.92 Å². The summed E-state index contributed by atoms with van der Waals surface area (Å²) in [5.41, 5.74) is 2.02. The predicted octanol–water partition coefficient (Wildman–Crippen LogP) is 3.61. The zero-order valence-electron chi connectivity index (χ0n) is 15.1. The van der Waals surface area contributed by atoms with Gasteiger partial charge in [-0.05, 0) is 38.0 Å². The summed E-state index contributed by atoms with van der Waals surface area (Å²) in [6.07, 6.45) is 1.59. The molecule has 7 heteroatoms. The van der Waals surface area contributed by atoms with E-state index in [-0.39, 0.29) is 5.92 Å². The fourth-order valence-corrected chi connectivity index (χ4v) is 4.95. The van der Waals surface area contributed by atoms with Gasteiger partial charge in [0.05, 0.1) is 10.8 Å². The molecular weight excluding hydrogens is 362 g/mol. The summed E-state index contributed by atoms with van der Waals surface area (Å²) in [4.78, 5) is 4.85. The van der Waals surface area contributed by atoms with Crippen molar-refractivity contribution in [2.45, 2.75) is 30.6 Å². The lowest BCUT2D eigenvalue weighted by Crippen LogP contribution is -2.39. The van der Waals surface area contributed by atoms with Gasteiger partial charge in [-0.2, -0.15) is 9.29 Å². The van der Waals surface area contributed by atoms with Gasteiger partial charge in [0, 0.05) is 18.7 Å². The molecule has 6 nitrogen and oxygen atoms in total. The number of sulfonamides is 1. The molecule has 4 rings (SSSR count). The summed E-state index contributed by atoms with van der Waals surface area (Å²) in [7, 11) is -3.51. The minimum atomic E-state index is -3.51. The Balaban J connectivity index is 1.56. The quantitative estimate of drug-likeness (QED) is 0.688. The molecule has 0 saturated carbocycles. The molecule has 2 heterocycles. The molecule has 0 N–H and O–H groups in total. The number of rotatable bonds is 4. The van der Waals surface area contributed by atoms with Gasteiger partial charge in [0.1, 0.15) is 0 Å². The van der Waals surface area contributed by atoms with Crippen molar-refractivity contribution in [2.24, 2.45) is 0 Å². The van der Waals surface area contributed by atoms with Gasteiger partial charge in [-0.15, -0.1) is 0 Å². The Morgan fingerprint density at radius 1 is 1.11 bits per heavy atom. The molecule has 0 unspecified atom stereocenters. The average molecular weight is 383 g/mol. The zero-order valence-corrected chi connectivity index (χ0v) is 15.9. The average Bonchev–Trinajstić information content (AvgIpc) is 3.19. The van der Waals surface area contributed by atoms with Gasteiger partial charge in [-0.25, -0.2) is 8.42 Å². The van der Waals surface area contributed by atoms with Gasteiger partial charge < -0.3 is 4.52 Å². The smallest absolute Gasteiger partial charge is 0.243 e. The molecule has 1 aromatic heterocycles. The van der Waals surface area contributed by atoms with Crippen molar-refractivity contribution in [3.05, 3.63) is 66.1 Å². The summed E-state index contributed by atoms with van der Waals surface area (Å²) in [6.45, 7) is 2.87. The van der Waals surface area contributed by atoms with Crippen LogP contribution in [0.5, 0.6) is 0 Å². The Morgan fingerprint density at radius 2 is 1.93 bits per heavy atom. The van der Waals surface area contributed by atoms with Gasteiger partial charge in [0.25, 0.3) is 0 Å². The summed E-state index contributed by atoms with van der Waals surface area (Å²) in [5.74, 6) is 0.944. The van der Waals surface area contributed by atoms with Gasteiger partial charge in [-0.1, -0.05) is 47.1 Å². The zero-order chi connectivity index (χ0) is 18.9. The number of hydrogen-bond donors (Lipinski definition) is 0. The minimum absolute atomic E-state index is 0.0942. The van der Waals surface area contributed by atoms with Crippen molar-refractivity contribution in [1.82, 2.24) is 14.4 Å². The Labute approximate surface area is 158 Å². The van der Waals surface area contributed by atoms with E-state index < -0.39 is 10.0 Å². The molecule has 27 heavy (non-hydrogen) atoms. The number of aryl methyl sites for hydroxylation is 1. The molecule has 140 valence electrons. The molecule has 0 spiro atoms. The van der Waals surface area contributed by atoms with Crippen LogP contribution < -0.4 is 0 Å². The van der Waals surface area contributed by atoms with Crippen molar-refractivity contribution < 1.29 is 12.9 Å². The minimum Gasteiger partial charge on any atom is -0.339 e. The van der Waals surface area contributed by atoms with Crippen molar-refractivity contribution >= 4 is 10.0 Å². The Kier molecular flexibility index (Phi) is 4.80. The second-order valence-electron chi connectivity index (χ2n) is 6.84. The molecule has 1 aliphatic rings. The fraction of sp³-hybridized carbons (Fsp3) is 0.300. The lowest BCUT2D eigenvalue weighted by atomic mass is 10.00. The normalized spacial score (nSPS) is 18.5. The first-order valence-electron chi connectivity index (χ1n) is 9.00. The van der Waals surface area contributed by atoms with Crippen LogP contribution in [0.2, 0.25) is 0 Å². The number of nitrogens with zero attached hydrogens (tertiary/aromatic N) is 3. The molecular formula is C20H21N3O3S. The van der Waals surface area contributed by atoms with Crippen molar-refractivity contribution in [3.63, 3.8) is 0 Å². The van der Waals surface area contributed by atoms with Gasteiger partial charge in [-0.3, -0.25) is 0 Å². The Morgan fingerprint density at radius 3 is 2.70 bits per heavy atom. The van der Waals surface area contributed by atoms with E-state index in [0.29, 0.717) is 29.7 Å². The van der Waals surface area contributed by atoms with E-state index in [1.807, 2.05) is 37.3 Å². The Hall–Kier alpha value is -2.51. The van der Waals surface area contributed by atoms with Gasteiger partial charge >= 0.3 is 0 Å². The molecule has 1 fully saturated rings. The molecule has 1 atom stereocenters. The highest BCUT2D eigenvalue weighted by molar-refractivity contribution is 7.89. The topological polar surface area (TPSA) is 76.3 Å².